The van der Waals surface area contributed by atoms with E-state index in [1.165, 1.54) is 22.8 Å². The Morgan fingerprint density at radius 2 is 2.15 bits per heavy atom. The fourth-order valence-corrected chi connectivity index (χ4v) is 2.58. The zero-order valence-corrected chi connectivity index (χ0v) is 13.1. The number of rotatable bonds is 6. The molecule has 0 bridgehead atoms. The third-order valence-electron chi connectivity index (χ3n) is 3.03. The molecule has 1 aromatic heterocycles. The van der Waals surface area contributed by atoms with Crippen LogP contribution < -0.4 is 10.2 Å². The minimum atomic E-state index is 0.644. The van der Waals surface area contributed by atoms with Crippen molar-refractivity contribution in [2.45, 2.75) is 13.3 Å². The lowest BCUT2D eigenvalue weighted by molar-refractivity contribution is 0.201. The van der Waals surface area contributed by atoms with E-state index in [1.807, 2.05) is 20.2 Å². The van der Waals surface area contributed by atoms with Crippen molar-refractivity contribution < 1.29 is 4.74 Å². The van der Waals surface area contributed by atoms with Crippen molar-refractivity contribution in [3.63, 3.8) is 0 Å². The maximum Gasteiger partial charge on any atom is 0.207 e. The van der Waals surface area contributed by atoms with E-state index in [9.17, 15) is 0 Å². The van der Waals surface area contributed by atoms with Crippen molar-refractivity contribution in [2.24, 2.45) is 0 Å². The summed E-state index contributed by atoms with van der Waals surface area (Å²) in [5, 5.41) is 4.16. The molecule has 0 radical (unpaired) electrons. The van der Waals surface area contributed by atoms with Gasteiger partial charge in [-0.25, -0.2) is 4.98 Å². The maximum absolute atomic E-state index is 5.03. The monoisotopic (exact) mass is 292 g/mol. The van der Waals surface area contributed by atoms with E-state index in [1.54, 1.807) is 7.11 Å². The zero-order chi connectivity index (χ0) is 14.5. The van der Waals surface area contributed by atoms with E-state index < -0.39 is 0 Å². The summed E-state index contributed by atoms with van der Waals surface area (Å²) < 4.78 is 9.35. The van der Waals surface area contributed by atoms with Gasteiger partial charge in [-0.2, -0.15) is 4.37 Å². The summed E-state index contributed by atoms with van der Waals surface area (Å²) in [7, 11) is 5.77. The van der Waals surface area contributed by atoms with E-state index in [2.05, 4.69) is 38.6 Å². The van der Waals surface area contributed by atoms with E-state index in [4.69, 9.17) is 4.74 Å². The van der Waals surface area contributed by atoms with Gasteiger partial charge in [0.15, 0.2) is 0 Å². The van der Waals surface area contributed by atoms with Crippen LogP contribution in [-0.2, 0) is 11.2 Å². The SMILES string of the molecule is COCCc1nsc(Nc2cccc(N(C)C)c2C)n1. The van der Waals surface area contributed by atoms with Crippen LogP contribution in [0.5, 0.6) is 0 Å². The highest BCUT2D eigenvalue weighted by atomic mass is 32.1. The number of hydrogen-bond acceptors (Lipinski definition) is 6. The smallest absolute Gasteiger partial charge is 0.207 e. The molecule has 1 heterocycles. The molecule has 0 saturated carbocycles. The molecule has 108 valence electrons. The second kappa shape index (κ2) is 6.67. The molecular weight excluding hydrogens is 272 g/mol. The largest absolute Gasteiger partial charge is 0.384 e. The van der Waals surface area contributed by atoms with Crippen LogP contribution in [0.4, 0.5) is 16.5 Å². The van der Waals surface area contributed by atoms with Crippen molar-refractivity contribution in [1.29, 1.82) is 0 Å². The number of nitrogens with one attached hydrogen (secondary N) is 1. The minimum Gasteiger partial charge on any atom is -0.384 e. The Bertz CT molecular complexity index is 568. The summed E-state index contributed by atoms with van der Waals surface area (Å²) in [6.45, 7) is 2.75. The van der Waals surface area contributed by atoms with Crippen LogP contribution in [0.25, 0.3) is 0 Å². The van der Waals surface area contributed by atoms with Gasteiger partial charge in [-0.3, -0.25) is 0 Å². The molecule has 0 aliphatic rings. The third-order valence-corrected chi connectivity index (χ3v) is 3.69. The van der Waals surface area contributed by atoms with Gasteiger partial charge in [0.05, 0.1) is 6.61 Å². The predicted molar refractivity (Wildman–Crippen MR) is 84.3 cm³/mol. The Hall–Kier alpha value is -1.66. The first kappa shape index (κ1) is 14.7. The van der Waals surface area contributed by atoms with Gasteiger partial charge >= 0.3 is 0 Å². The molecule has 1 N–H and O–H groups in total. The summed E-state index contributed by atoms with van der Waals surface area (Å²) >= 11 is 1.38. The summed E-state index contributed by atoms with van der Waals surface area (Å²) in [5.74, 6) is 0.820. The molecule has 6 heteroatoms. The fourth-order valence-electron chi connectivity index (χ4n) is 1.96. The summed E-state index contributed by atoms with van der Waals surface area (Å²) in [5.41, 5.74) is 3.45. The van der Waals surface area contributed by atoms with Crippen molar-refractivity contribution in [3.8, 4) is 0 Å². The molecule has 2 aromatic rings. The molecule has 5 nitrogen and oxygen atoms in total. The molecule has 1 aromatic carbocycles. The molecule has 2 rings (SSSR count). The maximum atomic E-state index is 5.03. The van der Waals surface area contributed by atoms with Crippen LogP contribution in [0.3, 0.4) is 0 Å². The fraction of sp³-hybridized carbons (Fsp3) is 0.429. The normalized spacial score (nSPS) is 10.6. The van der Waals surface area contributed by atoms with Crippen LogP contribution in [0.2, 0.25) is 0 Å². The van der Waals surface area contributed by atoms with Crippen LogP contribution >= 0.6 is 11.5 Å². The van der Waals surface area contributed by atoms with Gasteiger partial charge < -0.3 is 15.0 Å². The minimum absolute atomic E-state index is 0.644. The van der Waals surface area contributed by atoms with Crippen molar-refractivity contribution in [2.75, 3.05) is 38.0 Å². The van der Waals surface area contributed by atoms with Gasteiger partial charge in [0.25, 0.3) is 0 Å². The summed E-state index contributed by atoms with van der Waals surface area (Å²) in [4.78, 5) is 6.56. The Morgan fingerprint density at radius 1 is 1.35 bits per heavy atom. The topological polar surface area (TPSA) is 50.3 Å². The molecular formula is C14H20N4OS. The lowest BCUT2D eigenvalue weighted by atomic mass is 10.1. The standard InChI is InChI=1S/C14H20N4OS/c1-10-11(6-5-7-12(10)18(2)3)15-14-16-13(17-20-14)8-9-19-4/h5-7H,8-9H2,1-4H3,(H,15,16,17). The Morgan fingerprint density at radius 3 is 2.85 bits per heavy atom. The first-order valence-electron chi connectivity index (χ1n) is 6.47. The van der Waals surface area contributed by atoms with Crippen LogP contribution in [-0.4, -0.2) is 37.2 Å². The number of hydrogen-bond donors (Lipinski definition) is 1. The van der Waals surface area contributed by atoms with Crippen molar-refractivity contribution in [1.82, 2.24) is 9.36 Å². The van der Waals surface area contributed by atoms with Crippen molar-refractivity contribution in [3.05, 3.63) is 29.6 Å². The quantitative estimate of drug-likeness (QED) is 0.887. The number of methoxy groups -OCH3 is 1. The number of anilines is 3. The lowest BCUT2D eigenvalue weighted by Gasteiger charge is -2.18. The highest BCUT2D eigenvalue weighted by Gasteiger charge is 2.08. The van der Waals surface area contributed by atoms with Gasteiger partial charge in [-0.15, -0.1) is 0 Å². The first-order valence-corrected chi connectivity index (χ1v) is 7.24. The zero-order valence-electron chi connectivity index (χ0n) is 12.3. The second-order valence-electron chi connectivity index (χ2n) is 4.73. The highest BCUT2D eigenvalue weighted by Crippen LogP contribution is 2.28. The first-order chi connectivity index (χ1) is 9.61. The molecule has 20 heavy (non-hydrogen) atoms. The number of nitrogens with zero attached hydrogens (tertiary/aromatic N) is 3. The van der Waals surface area contributed by atoms with Gasteiger partial charge in [0.2, 0.25) is 5.13 Å². The van der Waals surface area contributed by atoms with Crippen LogP contribution in [0, 0.1) is 6.92 Å². The summed E-state index contributed by atoms with van der Waals surface area (Å²) in [6, 6.07) is 6.20. The molecule has 0 saturated heterocycles. The van der Waals surface area contributed by atoms with Gasteiger partial charge in [0, 0.05) is 50.5 Å². The predicted octanol–water partition coefficient (Wildman–Crippen LogP) is 2.85. The van der Waals surface area contributed by atoms with E-state index in [-0.39, 0.29) is 0 Å². The van der Waals surface area contributed by atoms with Crippen LogP contribution in [0.1, 0.15) is 11.4 Å². The molecule has 0 unspecified atom stereocenters. The third kappa shape index (κ3) is 3.46. The summed E-state index contributed by atoms with van der Waals surface area (Å²) in [6.07, 6.45) is 0.741. The lowest BCUT2D eigenvalue weighted by Crippen LogP contribution is -2.10. The highest BCUT2D eigenvalue weighted by molar-refractivity contribution is 7.09. The van der Waals surface area contributed by atoms with Gasteiger partial charge in [-0.1, -0.05) is 6.07 Å². The molecule has 0 spiro atoms. The Kier molecular flexibility index (Phi) is 4.92. The molecule has 0 atom stereocenters. The molecule has 0 aliphatic heterocycles. The number of aromatic nitrogens is 2. The molecule has 0 amide bonds. The Balaban J connectivity index is 2.13. The average Bonchev–Trinajstić information content (AvgIpc) is 2.86. The van der Waals surface area contributed by atoms with E-state index in [0.717, 1.165) is 23.1 Å². The van der Waals surface area contributed by atoms with Gasteiger partial charge in [0.1, 0.15) is 5.82 Å². The van der Waals surface area contributed by atoms with E-state index >= 15 is 0 Å². The number of benzene rings is 1. The Labute approximate surface area is 123 Å². The van der Waals surface area contributed by atoms with E-state index in [0.29, 0.717) is 6.61 Å². The van der Waals surface area contributed by atoms with Gasteiger partial charge in [-0.05, 0) is 24.6 Å². The second-order valence-corrected chi connectivity index (χ2v) is 5.48. The number of ether oxygens (including phenoxy) is 1. The van der Waals surface area contributed by atoms with Crippen LogP contribution in [0.15, 0.2) is 18.2 Å². The molecule has 0 fully saturated rings. The molecule has 0 aliphatic carbocycles. The van der Waals surface area contributed by atoms with Crippen molar-refractivity contribution >= 4 is 28.0 Å². The average molecular weight is 292 g/mol.